The lowest BCUT2D eigenvalue weighted by molar-refractivity contribution is -0.116. The van der Waals surface area contributed by atoms with Gasteiger partial charge in [0.1, 0.15) is 0 Å². The van der Waals surface area contributed by atoms with E-state index in [0.717, 1.165) is 41.7 Å². The van der Waals surface area contributed by atoms with Gasteiger partial charge in [-0.1, -0.05) is 29.8 Å². The number of para-hydroxylation sites is 1. The molecule has 0 aromatic heterocycles. The minimum absolute atomic E-state index is 0.0240. The predicted octanol–water partition coefficient (Wildman–Crippen LogP) is 3.78. The molecule has 1 aliphatic heterocycles. The van der Waals surface area contributed by atoms with Crippen LogP contribution in [0.15, 0.2) is 57.9 Å². The van der Waals surface area contributed by atoms with Crippen LogP contribution in [-0.2, 0) is 14.8 Å². The smallest absolute Gasteiger partial charge is 0.240 e. The van der Waals surface area contributed by atoms with Crippen LogP contribution in [0.2, 0.25) is 0 Å². The third-order valence-corrected chi connectivity index (χ3v) is 7.43. The summed E-state index contributed by atoms with van der Waals surface area (Å²) in [5, 5.41) is 2.92. The van der Waals surface area contributed by atoms with Crippen LogP contribution >= 0.6 is 15.9 Å². The van der Waals surface area contributed by atoms with Crippen LogP contribution in [0, 0.1) is 12.8 Å². The highest BCUT2D eigenvalue weighted by atomic mass is 79.9. The molecular weight excluding hydrogens is 466 g/mol. The molecule has 1 aliphatic rings. The van der Waals surface area contributed by atoms with Gasteiger partial charge in [0, 0.05) is 30.5 Å². The maximum absolute atomic E-state index is 12.5. The number of rotatable bonds is 8. The number of aryl methyl sites for hydroxylation is 1. The molecule has 0 saturated carbocycles. The van der Waals surface area contributed by atoms with E-state index in [1.165, 1.54) is 0 Å². The molecule has 1 fully saturated rings. The van der Waals surface area contributed by atoms with Crippen molar-refractivity contribution in [2.45, 2.75) is 31.1 Å². The van der Waals surface area contributed by atoms with E-state index in [1.54, 1.807) is 24.3 Å². The first-order chi connectivity index (χ1) is 14.3. The van der Waals surface area contributed by atoms with Gasteiger partial charge in [-0.25, -0.2) is 13.1 Å². The molecule has 2 aromatic carbocycles. The van der Waals surface area contributed by atoms with Gasteiger partial charge in [0.25, 0.3) is 0 Å². The highest BCUT2D eigenvalue weighted by Gasteiger charge is 2.23. The van der Waals surface area contributed by atoms with Gasteiger partial charge in [-0.15, -0.1) is 0 Å². The second kappa shape index (κ2) is 10.5. The van der Waals surface area contributed by atoms with E-state index < -0.39 is 10.0 Å². The Balaban J connectivity index is 1.45. The SMILES string of the molecule is Cc1ccc(S(=O)(=O)NCC2CCCN(CCC(=O)Nc3ccccc3Br)C2)cc1. The van der Waals surface area contributed by atoms with Crippen molar-refractivity contribution >= 4 is 37.5 Å². The van der Waals surface area contributed by atoms with E-state index >= 15 is 0 Å². The van der Waals surface area contributed by atoms with Crippen LogP contribution in [-0.4, -0.2) is 45.4 Å². The zero-order chi connectivity index (χ0) is 21.6. The summed E-state index contributed by atoms with van der Waals surface area (Å²) in [6, 6.07) is 14.4. The lowest BCUT2D eigenvalue weighted by Crippen LogP contribution is -2.41. The normalized spacial score (nSPS) is 17.6. The van der Waals surface area contributed by atoms with Gasteiger partial charge in [-0.05, 0) is 72.4 Å². The summed E-state index contributed by atoms with van der Waals surface area (Å²) in [5.74, 6) is 0.217. The Hall–Kier alpha value is -1.74. The van der Waals surface area contributed by atoms with Crippen LogP contribution in [0.25, 0.3) is 0 Å². The molecule has 1 amide bonds. The molecule has 0 radical (unpaired) electrons. The number of halogens is 1. The van der Waals surface area contributed by atoms with Gasteiger partial charge in [0.15, 0.2) is 0 Å². The first-order valence-electron chi connectivity index (χ1n) is 10.2. The number of hydrogen-bond donors (Lipinski definition) is 2. The molecule has 6 nitrogen and oxygen atoms in total. The fourth-order valence-electron chi connectivity index (χ4n) is 3.58. The molecular formula is C22H28BrN3O3S. The van der Waals surface area contributed by atoms with Crippen molar-refractivity contribution in [1.82, 2.24) is 9.62 Å². The van der Waals surface area contributed by atoms with Gasteiger partial charge in [-0.2, -0.15) is 0 Å². The van der Waals surface area contributed by atoms with Crippen LogP contribution in [0.3, 0.4) is 0 Å². The van der Waals surface area contributed by atoms with E-state index in [1.807, 2.05) is 31.2 Å². The molecule has 0 bridgehead atoms. The highest BCUT2D eigenvalue weighted by Crippen LogP contribution is 2.22. The number of carbonyl (C=O) groups excluding carboxylic acids is 1. The number of piperidine rings is 1. The van der Waals surface area contributed by atoms with E-state index in [9.17, 15) is 13.2 Å². The van der Waals surface area contributed by atoms with Crippen molar-refractivity contribution < 1.29 is 13.2 Å². The summed E-state index contributed by atoms with van der Waals surface area (Å²) in [4.78, 5) is 14.8. The molecule has 1 unspecified atom stereocenters. The lowest BCUT2D eigenvalue weighted by Gasteiger charge is -2.32. The summed E-state index contributed by atoms with van der Waals surface area (Å²) in [5.41, 5.74) is 1.80. The van der Waals surface area contributed by atoms with Crippen molar-refractivity contribution in [2.24, 2.45) is 5.92 Å². The first kappa shape index (κ1) is 22.9. The Morgan fingerprint density at radius 2 is 1.90 bits per heavy atom. The van der Waals surface area contributed by atoms with Gasteiger partial charge in [0.05, 0.1) is 10.6 Å². The number of nitrogens with zero attached hydrogens (tertiary/aromatic N) is 1. The summed E-state index contributed by atoms with van der Waals surface area (Å²) in [7, 11) is -3.50. The maximum Gasteiger partial charge on any atom is 0.240 e. The average Bonchev–Trinajstić information content (AvgIpc) is 2.73. The minimum atomic E-state index is -3.50. The third-order valence-electron chi connectivity index (χ3n) is 5.30. The van der Waals surface area contributed by atoms with Crippen LogP contribution in [0.4, 0.5) is 5.69 Å². The van der Waals surface area contributed by atoms with Crippen molar-refractivity contribution in [3.63, 3.8) is 0 Å². The molecule has 1 saturated heterocycles. The quantitative estimate of drug-likeness (QED) is 0.586. The molecule has 30 heavy (non-hydrogen) atoms. The first-order valence-corrected chi connectivity index (χ1v) is 12.4. The molecule has 2 N–H and O–H groups in total. The molecule has 1 heterocycles. The number of hydrogen-bond acceptors (Lipinski definition) is 4. The van der Waals surface area contributed by atoms with E-state index in [2.05, 4.69) is 30.9 Å². The van der Waals surface area contributed by atoms with E-state index in [4.69, 9.17) is 0 Å². The standard InChI is InChI=1S/C22H28BrN3O3S/c1-17-8-10-19(11-9-17)30(28,29)24-15-18-5-4-13-26(16-18)14-12-22(27)25-21-7-3-2-6-20(21)23/h2-3,6-11,18,24H,4-5,12-16H2,1H3,(H,25,27). The number of carbonyl (C=O) groups is 1. The predicted molar refractivity (Wildman–Crippen MR) is 123 cm³/mol. The number of sulfonamides is 1. The van der Waals surface area contributed by atoms with Crippen molar-refractivity contribution in [3.8, 4) is 0 Å². The van der Waals surface area contributed by atoms with E-state index in [0.29, 0.717) is 24.4 Å². The number of nitrogens with one attached hydrogen (secondary N) is 2. The topological polar surface area (TPSA) is 78.5 Å². The summed E-state index contributed by atoms with van der Waals surface area (Å²) in [6.07, 6.45) is 2.39. The number of anilines is 1. The second-order valence-electron chi connectivity index (χ2n) is 7.75. The summed E-state index contributed by atoms with van der Waals surface area (Å²) >= 11 is 3.43. The zero-order valence-corrected chi connectivity index (χ0v) is 19.5. The third kappa shape index (κ3) is 6.63. The zero-order valence-electron chi connectivity index (χ0n) is 17.1. The highest BCUT2D eigenvalue weighted by molar-refractivity contribution is 9.10. The van der Waals surface area contributed by atoms with E-state index in [-0.39, 0.29) is 11.8 Å². The summed E-state index contributed by atoms with van der Waals surface area (Å²) < 4.78 is 28.6. The average molecular weight is 494 g/mol. The fraction of sp³-hybridized carbons (Fsp3) is 0.409. The van der Waals surface area contributed by atoms with Gasteiger partial charge in [-0.3, -0.25) is 4.79 Å². The molecule has 2 aromatic rings. The Bertz CT molecular complexity index is 964. The largest absolute Gasteiger partial charge is 0.325 e. The Morgan fingerprint density at radius 1 is 1.17 bits per heavy atom. The molecule has 3 rings (SSSR count). The summed E-state index contributed by atoms with van der Waals surface area (Å²) in [6.45, 7) is 4.73. The molecule has 8 heteroatoms. The number of amides is 1. The van der Waals surface area contributed by atoms with Crippen molar-refractivity contribution in [3.05, 3.63) is 58.6 Å². The van der Waals surface area contributed by atoms with Crippen LogP contribution < -0.4 is 10.0 Å². The van der Waals surface area contributed by atoms with Crippen molar-refractivity contribution in [1.29, 1.82) is 0 Å². The van der Waals surface area contributed by atoms with Crippen LogP contribution in [0.5, 0.6) is 0 Å². The van der Waals surface area contributed by atoms with Crippen LogP contribution in [0.1, 0.15) is 24.8 Å². The number of benzene rings is 2. The molecule has 162 valence electrons. The molecule has 0 aliphatic carbocycles. The minimum Gasteiger partial charge on any atom is -0.325 e. The Labute approximate surface area is 187 Å². The number of likely N-dealkylation sites (tertiary alicyclic amines) is 1. The fourth-order valence-corrected chi connectivity index (χ4v) is 5.08. The molecule has 0 spiro atoms. The van der Waals surface area contributed by atoms with Crippen molar-refractivity contribution in [2.75, 3.05) is 31.5 Å². The van der Waals surface area contributed by atoms with Gasteiger partial charge >= 0.3 is 0 Å². The monoisotopic (exact) mass is 493 g/mol. The molecule has 1 atom stereocenters. The second-order valence-corrected chi connectivity index (χ2v) is 10.4. The lowest BCUT2D eigenvalue weighted by atomic mass is 9.98. The van der Waals surface area contributed by atoms with Gasteiger partial charge < -0.3 is 10.2 Å². The maximum atomic E-state index is 12.5. The van der Waals surface area contributed by atoms with Gasteiger partial charge in [0.2, 0.25) is 15.9 Å². The Kier molecular flexibility index (Phi) is 8.05. The Morgan fingerprint density at radius 3 is 2.63 bits per heavy atom.